The molecular formula is C26H24N4O2S. The van der Waals surface area contributed by atoms with Crippen LogP contribution in [0.4, 0.5) is 11.4 Å². The van der Waals surface area contributed by atoms with Crippen LogP contribution in [0.15, 0.2) is 66.9 Å². The van der Waals surface area contributed by atoms with Gasteiger partial charge >= 0.3 is 0 Å². The number of carbonyl (C=O) groups excluding carboxylic acids is 1. The molecular weight excluding hydrogens is 432 g/mol. The van der Waals surface area contributed by atoms with Gasteiger partial charge in [0.15, 0.2) is 5.82 Å². The number of nitrogens with one attached hydrogen (secondary N) is 1. The molecule has 1 fully saturated rings. The number of hydrogen-bond donors (Lipinski definition) is 1. The van der Waals surface area contributed by atoms with E-state index in [1.165, 1.54) is 0 Å². The summed E-state index contributed by atoms with van der Waals surface area (Å²) in [6, 6.07) is 13.5. The number of benzene rings is 2. The summed E-state index contributed by atoms with van der Waals surface area (Å²) >= 11 is 1.63. The molecule has 2 heterocycles. The third-order valence-electron chi connectivity index (χ3n) is 5.62. The van der Waals surface area contributed by atoms with E-state index in [-0.39, 0.29) is 5.91 Å². The molecule has 1 amide bonds. The minimum Gasteiger partial charge on any atom is -0.367 e. The van der Waals surface area contributed by atoms with Crippen LogP contribution in [0.3, 0.4) is 0 Å². The van der Waals surface area contributed by atoms with Crippen LogP contribution in [0.2, 0.25) is 0 Å². The van der Waals surface area contributed by atoms with Crippen molar-refractivity contribution in [2.24, 2.45) is 0 Å². The zero-order valence-electron chi connectivity index (χ0n) is 18.3. The van der Waals surface area contributed by atoms with Crippen LogP contribution in [-0.4, -0.2) is 35.0 Å². The zero-order valence-corrected chi connectivity index (χ0v) is 19.1. The summed E-state index contributed by atoms with van der Waals surface area (Å²) in [5, 5.41) is 3.01. The Morgan fingerprint density at radius 2 is 2.03 bits per heavy atom. The predicted molar refractivity (Wildman–Crippen MR) is 134 cm³/mol. The molecule has 0 unspecified atom stereocenters. The largest absolute Gasteiger partial charge is 0.367 e. The molecule has 6 nitrogen and oxygen atoms in total. The quantitative estimate of drug-likeness (QED) is 0.540. The van der Waals surface area contributed by atoms with Crippen LogP contribution in [0.1, 0.15) is 27.2 Å². The number of nitrogens with zero attached hydrogens (tertiary/aromatic N) is 3. The van der Waals surface area contributed by atoms with E-state index in [2.05, 4.69) is 20.7 Å². The number of fused-ring (bicyclic) bond motifs is 1. The van der Waals surface area contributed by atoms with E-state index >= 15 is 0 Å². The van der Waals surface area contributed by atoms with Gasteiger partial charge in [-0.25, -0.2) is 9.97 Å². The highest BCUT2D eigenvalue weighted by Crippen LogP contribution is 2.27. The third kappa shape index (κ3) is 4.84. The lowest BCUT2D eigenvalue weighted by Gasteiger charge is -2.27. The first-order valence-electron chi connectivity index (χ1n) is 10.9. The van der Waals surface area contributed by atoms with Crippen molar-refractivity contribution >= 4 is 35.3 Å². The Morgan fingerprint density at radius 1 is 1.15 bits per heavy atom. The minimum atomic E-state index is -0.149. The number of amides is 1. The maximum atomic E-state index is 12.9. The fraction of sp³-hybridized carbons (Fsp3) is 0.192. The highest BCUT2D eigenvalue weighted by molar-refractivity contribution is 8.00. The van der Waals surface area contributed by atoms with Crippen LogP contribution in [0.5, 0.6) is 0 Å². The summed E-state index contributed by atoms with van der Waals surface area (Å²) in [5.74, 6) is 1.17. The van der Waals surface area contributed by atoms with Crippen molar-refractivity contribution in [3.05, 3.63) is 89.3 Å². The molecule has 33 heavy (non-hydrogen) atoms. The fourth-order valence-corrected chi connectivity index (χ4v) is 4.57. The van der Waals surface area contributed by atoms with Gasteiger partial charge < -0.3 is 14.4 Å². The van der Waals surface area contributed by atoms with E-state index in [0.29, 0.717) is 29.6 Å². The fourth-order valence-electron chi connectivity index (χ4n) is 3.77. The van der Waals surface area contributed by atoms with Crippen molar-refractivity contribution in [2.45, 2.75) is 13.3 Å². The average molecular weight is 457 g/mol. The first-order valence-corrected chi connectivity index (χ1v) is 11.8. The summed E-state index contributed by atoms with van der Waals surface area (Å²) < 4.78 is 7.56. The van der Waals surface area contributed by atoms with Gasteiger partial charge in [0, 0.05) is 40.7 Å². The number of aryl methyl sites for hydroxylation is 1. The standard InChI is InChI=1S/C26H24N4O2S/c1-18-7-10-21(15-23(18)25-27-16-20-5-3-2-4-6-24(20)29-25)28-26(31)19-8-11-22(12-9-19)30-13-14-32-17-33-30/h2-5,7-12,15-16H,6,13-14,17H2,1H3,(H,28,31). The zero-order chi connectivity index (χ0) is 22.6. The first kappa shape index (κ1) is 21.4. The second-order valence-corrected chi connectivity index (χ2v) is 8.81. The summed E-state index contributed by atoms with van der Waals surface area (Å²) in [4.78, 5) is 22.2. The van der Waals surface area contributed by atoms with Gasteiger partial charge in [0.1, 0.15) is 5.94 Å². The van der Waals surface area contributed by atoms with E-state index in [1.54, 1.807) is 11.9 Å². The number of aromatic nitrogens is 2. The van der Waals surface area contributed by atoms with Gasteiger partial charge in [-0.1, -0.05) is 30.4 Å². The molecule has 7 heteroatoms. The van der Waals surface area contributed by atoms with Crippen molar-refractivity contribution in [1.82, 2.24) is 9.97 Å². The average Bonchev–Trinajstić information content (AvgIpc) is 3.11. The van der Waals surface area contributed by atoms with E-state index in [0.717, 1.165) is 41.0 Å². The maximum absolute atomic E-state index is 12.9. The Balaban J connectivity index is 1.34. The number of carbonyl (C=O) groups is 1. The normalized spacial score (nSPS) is 15.1. The SMILES string of the molecule is Cc1ccc(NC(=O)c2ccc(N3CCOCS3)cc2)cc1-c1ncc2c(n1)CC=CC=C2. The Bertz CT molecular complexity index is 1230. The maximum Gasteiger partial charge on any atom is 0.255 e. The van der Waals surface area contributed by atoms with Gasteiger partial charge in [-0.3, -0.25) is 4.79 Å². The highest BCUT2D eigenvalue weighted by Gasteiger charge is 2.15. The van der Waals surface area contributed by atoms with Crippen molar-refractivity contribution in [2.75, 3.05) is 28.7 Å². The first-order chi connectivity index (χ1) is 16.2. The van der Waals surface area contributed by atoms with Crippen molar-refractivity contribution in [1.29, 1.82) is 0 Å². The molecule has 1 aliphatic heterocycles. The van der Waals surface area contributed by atoms with Gasteiger partial charge in [0.05, 0.1) is 18.8 Å². The summed E-state index contributed by atoms with van der Waals surface area (Å²) in [5.41, 5.74) is 6.39. The predicted octanol–water partition coefficient (Wildman–Crippen LogP) is 5.27. The number of hydrogen-bond acceptors (Lipinski definition) is 6. The minimum absolute atomic E-state index is 0.149. The van der Waals surface area contributed by atoms with Crippen LogP contribution < -0.4 is 9.62 Å². The van der Waals surface area contributed by atoms with E-state index in [9.17, 15) is 4.79 Å². The summed E-state index contributed by atoms with van der Waals surface area (Å²) in [7, 11) is 0. The molecule has 166 valence electrons. The molecule has 1 saturated heterocycles. The van der Waals surface area contributed by atoms with E-state index in [1.807, 2.05) is 73.8 Å². The number of allylic oxidation sites excluding steroid dienone is 3. The third-order valence-corrected chi connectivity index (χ3v) is 6.60. The number of anilines is 2. The lowest BCUT2D eigenvalue weighted by atomic mass is 10.1. The van der Waals surface area contributed by atoms with Crippen LogP contribution in [-0.2, 0) is 11.2 Å². The van der Waals surface area contributed by atoms with Gasteiger partial charge in [-0.05, 0) is 60.8 Å². The second kappa shape index (κ2) is 9.60. The molecule has 0 bridgehead atoms. The molecule has 0 radical (unpaired) electrons. The van der Waals surface area contributed by atoms with Crippen molar-refractivity contribution in [3.8, 4) is 11.4 Å². The smallest absolute Gasteiger partial charge is 0.255 e. The van der Waals surface area contributed by atoms with Crippen molar-refractivity contribution in [3.63, 3.8) is 0 Å². The Morgan fingerprint density at radius 3 is 2.85 bits per heavy atom. The molecule has 1 N–H and O–H groups in total. The highest BCUT2D eigenvalue weighted by atomic mass is 32.2. The Hall–Kier alpha value is -3.42. The van der Waals surface area contributed by atoms with Crippen LogP contribution in [0, 0.1) is 6.92 Å². The molecule has 0 atom stereocenters. The topological polar surface area (TPSA) is 67.4 Å². The summed E-state index contributed by atoms with van der Waals surface area (Å²) in [6.45, 7) is 3.57. The Kier molecular flexibility index (Phi) is 6.24. The van der Waals surface area contributed by atoms with Crippen LogP contribution >= 0.6 is 11.9 Å². The summed E-state index contributed by atoms with van der Waals surface area (Å²) in [6.07, 6.45) is 10.8. The van der Waals surface area contributed by atoms with Gasteiger partial charge in [-0.15, -0.1) is 0 Å². The molecule has 2 aromatic carbocycles. The van der Waals surface area contributed by atoms with Crippen molar-refractivity contribution < 1.29 is 9.53 Å². The second-order valence-electron chi connectivity index (χ2n) is 7.88. The van der Waals surface area contributed by atoms with E-state index < -0.39 is 0 Å². The lowest BCUT2D eigenvalue weighted by molar-refractivity contribution is 0.102. The Labute approximate surface area is 197 Å². The van der Waals surface area contributed by atoms with Gasteiger partial charge in [0.2, 0.25) is 0 Å². The molecule has 1 aromatic heterocycles. The van der Waals surface area contributed by atoms with Gasteiger partial charge in [-0.2, -0.15) is 0 Å². The number of rotatable bonds is 4. The van der Waals surface area contributed by atoms with Crippen LogP contribution in [0.25, 0.3) is 17.5 Å². The molecule has 0 spiro atoms. The molecule has 0 saturated carbocycles. The number of ether oxygens (including phenoxy) is 1. The molecule has 3 aromatic rings. The lowest BCUT2D eigenvalue weighted by Crippen LogP contribution is -2.26. The monoisotopic (exact) mass is 456 g/mol. The van der Waals surface area contributed by atoms with E-state index in [4.69, 9.17) is 9.72 Å². The molecule has 5 rings (SSSR count). The molecule has 2 aliphatic rings. The molecule has 1 aliphatic carbocycles. The van der Waals surface area contributed by atoms with Gasteiger partial charge in [0.25, 0.3) is 5.91 Å².